The predicted molar refractivity (Wildman–Crippen MR) is 77.4 cm³/mol. The van der Waals surface area contributed by atoms with E-state index < -0.39 is 13.2 Å². The van der Waals surface area contributed by atoms with E-state index in [4.69, 9.17) is 19.9 Å². The highest BCUT2D eigenvalue weighted by atomic mass is 31.2. The first-order valence-electron chi connectivity index (χ1n) is 6.66. The Balaban J connectivity index is 1.79. The highest BCUT2D eigenvalue weighted by Crippen LogP contribution is 2.38. The Hall–Kier alpha value is -1.74. The lowest BCUT2D eigenvalue weighted by atomic mass is 10.2. The van der Waals surface area contributed by atoms with Crippen LogP contribution in [0.2, 0.25) is 0 Å². The molecule has 120 valence electrons. The highest BCUT2D eigenvalue weighted by molar-refractivity contribution is 7.51. The normalized spacial score (nSPS) is 24.6. The van der Waals surface area contributed by atoms with E-state index in [1.54, 1.807) is 4.57 Å². The van der Waals surface area contributed by atoms with Crippen LogP contribution in [0.3, 0.4) is 0 Å². The van der Waals surface area contributed by atoms with Gasteiger partial charge in [0.1, 0.15) is 6.23 Å². The average molecular weight is 329 g/mol. The van der Waals surface area contributed by atoms with Crippen molar-refractivity contribution in [2.45, 2.75) is 25.2 Å². The number of H-pyrrole nitrogens is 1. The maximum Gasteiger partial charge on any atom is 0.325 e. The first-order chi connectivity index (χ1) is 10.3. The monoisotopic (exact) mass is 329 g/mol. The van der Waals surface area contributed by atoms with Gasteiger partial charge < -0.3 is 19.9 Å². The fraction of sp³-hybridized carbons (Fsp3) is 0.545. The number of rotatable bonds is 4. The SMILES string of the molecule is CP(=O)(O)OC[C@@H]1CC[C@H](n2cnc3c(=O)[nH]c(N)nc32)O1. The van der Waals surface area contributed by atoms with E-state index >= 15 is 0 Å². The number of imidazole rings is 1. The molecule has 11 heteroatoms. The van der Waals surface area contributed by atoms with Crippen LogP contribution in [0.25, 0.3) is 11.2 Å². The van der Waals surface area contributed by atoms with Crippen LogP contribution in [0, 0.1) is 0 Å². The Morgan fingerprint density at radius 1 is 1.64 bits per heavy atom. The minimum Gasteiger partial charge on any atom is -0.369 e. The van der Waals surface area contributed by atoms with Gasteiger partial charge in [0, 0.05) is 6.66 Å². The van der Waals surface area contributed by atoms with E-state index in [9.17, 15) is 9.36 Å². The zero-order valence-electron chi connectivity index (χ0n) is 11.8. The van der Waals surface area contributed by atoms with Crippen molar-refractivity contribution in [1.29, 1.82) is 0 Å². The molecule has 0 amide bonds. The fourth-order valence-electron chi connectivity index (χ4n) is 2.39. The second-order valence-electron chi connectivity index (χ2n) is 5.16. The molecule has 1 saturated heterocycles. The molecule has 0 bridgehead atoms. The molecule has 2 aromatic heterocycles. The molecular formula is C11H16N5O5P. The number of nitrogens with two attached hydrogens (primary N) is 1. The summed E-state index contributed by atoms with van der Waals surface area (Å²) in [6.07, 6.45) is 2.09. The summed E-state index contributed by atoms with van der Waals surface area (Å²) in [4.78, 5) is 31.3. The maximum absolute atomic E-state index is 11.7. The van der Waals surface area contributed by atoms with E-state index in [0.29, 0.717) is 18.5 Å². The summed E-state index contributed by atoms with van der Waals surface area (Å²) >= 11 is 0. The van der Waals surface area contributed by atoms with Gasteiger partial charge in [-0.3, -0.25) is 18.9 Å². The largest absolute Gasteiger partial charge is 0.369 e. The number of hydrogen-bond acceptors (Lipinski definition) is 7. The van der Waals surface area contributed by atoms with Crippen LogP contribution >= 0.6 is 7.60 Å². The zero-order chi connectivity index (χ0) is 15.9. The van der Waals surface area contributed by atoms with Crippen molar-refractivity contribution in [1.82, 2.24) is 19.5 Å². The topological polar surface area (TPSA) is 145 Å². The Labute approximate surface area is 124 Å². The molecule has 0 aromatic carbocycles. The molecule has 1 aliphatic rings. The zero-order valence-corrected chi connectivity index (χ0v) is 12.7. The Morgan fingerprint density at radius 3 is 3.14 bits per heavy atom. The Morgan fingerprint density at radius 2 is 2.41 bits per heavy atom. The molecule has 3 rings (SSSR count). The summed E-state index contributed by atoms with van der Waals surface area (Å²) < 4.78 is 23.4. The number of hydrogen-bond donors (Lipinski definition) is 3. The van der Waals surface area contributed by atoms with Crippen molar-refractivity contribution >= 4 is 24.7 Å². The fourth-order valence-corrected chi connectivity index (χ4v) is 2.83. The van der Waals surface area contributed by atoms with E-state index in [1.807, 2.05) is 0 Å². The van der Waals surface area contributed by atoms with E-state index in [1.165, 1.54) is 6.33 Å². The van der Waals surface area contributed by atoms with Gasteiger partial charge in [-0.2, -0.15) is 4.98 Å². The molecule has 1 fully saturated rings. The van der Waals surface area contributed by atoms with Gasteiger partial charge in [0.2, 0.25) is 5.95 Å². The summed E-state index contributed by atoms with van der Waals surface area (Å²) in [5, 5.41) is 0. The lowest BCUT2D eigenvalue weighted by Crippen LogP contribution is -2.17. The number of aromatic nitrogens is 4. The summed E-state index contributed by atoms with van der Waals surface area (Å²) in [7, 11) is -3.52. The van der Waals surface area contributed by atoms with Crippen LogP contribution in [0.4, 0.5) is 5.95 Å². The first-order valence-corrected chi connectivity index (χ1v) is 8.68. The molecule has 3 atom stereocenters. The second kappa shape index (κ2) is 5.47. The van der Waals surface area contributed by atoms with Gasteiger partial charge in [-0.1, -0.05) is 0 Å². The molecule has 1 aliphatic heterocycles. The van der Waals surface area contributed by atoms with Gasteiger partial charge in [-0.15, -0.1) is 0 Å². The summed E-state index contributed by atoms with van der Waals surface area (Å²) in [5.74, 6) is 0.00401. The van der Waals surface area contributed by atoms with Crippen LogP contribution < -0.4 is 11.3 Å². The van der Waals surface area contributed by atoms with Crippen molar-refractivity contribution < 1.29 is 18.7 Å². The summed E-state index contributed by atoms with van der Waals surface area (Å²) in [6, 6.07) is 0. The molecule has 0 radical (unpaired) electrons. The first kappa shape index (κ1) is 15.2. The van der Waals surface area contributed by atoms with Crippen LogP contribution in [-0.2, 0) is 13.8 Å². The number of anilines is 1. The van der Waals surface area contributed by atoms with Gasteiger partial charge in [-0.25, -0.2) is 4.98 Å². The van der Waals surface area contributed by atoms with Gasteiger partial charge in [0.15, 0.2) is 11.2 Å². The number of ether oxygens (including phenoxy) is 1. The Kier molecular flexibility index (Phi) is 3.77. The minimum absolute atomic E-state index is 0.00401. The second-order valence-corrected chi connectivity index (χ2v) is 7.03. The van der Waals surface area contributed by atoms with Gasteiger partial charge in [0.05, 0.1) is 19.0 Å². The van der Waals surface area contributed by atoms with Crippen LogP contribution in [0.15, 0.2) is 11.1 Å². The minimum atomic E-state index is -3.52. The van der Waals surface area contributed by atoms with Crippen molar-refractivity contribution in [3.63, 3.8) is 0 Å². The van der Waals surface area contributed by atoms with Crippen LogP contribution in [0.1, 0.15) is 19.1 Å². The van der Waals surface area contributed by atoms with E-state index in [0.717, 1.165) is 6.66 Å². The number of nitrogens with zero attached hydrogens (tertiary/aromatic N) is 3. The van der Waals surface area contributed by atoms with Crippen LogP contribution in [0.5, 0.6) is 0 Å². The third kappa shape index (κ3) is 3.05. The quantitative estimate of drug-likeness (QED) is 0.675. The molecule has 4 N–H and O–H groups in total. The summed E-state index contributed by atoms with van der Waals surface area (Å²) in [6.45, 7) is 1.16. The molecule has 0 saturated carbocycles. The molecule has 10 nitrogen and oxygen atoms in total. The van der Waals surface area contributed by atoms with Gasteiger partial charge >= 0.3 is 7.60 Å². The molecule has 0 spiro atoms. The summed E-state index contributed by atoms with van der Waals surface area (Å²) in [5.41, 5.74) is 5.67. The number of nitrogens with one attached hydrogen (secondary N) is 1. The van der Waals surface area contributed by atoms with E-state index in [2.05, 4.69) is 15.0 Å². The molecule has 1 unspecified atom stereocenters. The number of fused-ring (bicyclic) bond motifs is 1. The maximum atomic E-state index is 11.7. The average Bonchev–Trinajstić information content (AvgIpc) is 3.01. The number of aromatic amines is 1. The smallest absolute Gasteiger partial charge is 0.325 e. The van der Waals surface area contributed by atoms with Crippen molar-refractivity contribution in [2.24, 2.45) is 0 Å². The third-order valence-electron chi connectivity index (χ3n) is 3.35. The predicted octanol–water partition coefficient (Wildman–Crippen LogP) is 0.211. The van der Waals surface area contributed by atoms with Crippen molar-refractivity contribution in [3.05, 3.63) is 16.7 Å². The van der Waals surface area contributed by atoms with Crippen molar-refractivity contribution in [3.8, 4) is 0 Å². The van der Waals surface area contributed by atoms with Gasteiger partial charge in [-0.05, 0) is 12.8 Å². The number of nitrogen functional groups attached to an aromatic ring is 1. The van der Waals surface area contributed by atoms with Crippen molar-refractivity contribution in [2.75, 3.05) is 19.0 Å². The van der Waals surface area contributed by atoms with Crippen LogP contribution in [-0.4, -0.2) is 43.8 Å². The lowest BCUT2D eigenvalue weighted by molar-refractivity contribution is -0.0172. The molecule has 3 heterocycles. The lowest BCUT2D eigenvalue weighted by Gasteiger charge is -2.16. The molecule has 2 aromatic rings. The Bertz CT molecular complexity index is 796. The highest BCUT2D eigenvalue weighted by Gasteiger charge is 2.29. The standard InChI is InChI=1S/C11H16N5O5P/c1-22(18,19)20-4-6-2-3-7(21-6)16-5-13-8-9(16)14-11(12)15-10(8)17/h5-7H,2-4H2,1H3,(H,18,19)(H3,12,14,15,17)/t6-,7+/m0/s1. The molecule has 0 aliphatic carbocycles. The molecule has 22 heavy (non-hydrogen) atoms. The van der Waals surface area contributed by atoms with E-state index in [-0.39, 0.29) is 30.4 Å². The van der Waals surface area contributed by atoms with Gasteiger partial charge in [0.25, 0.3) is 5.56 Å². The third-order valence-corrected chi connectivity index (χ3v) is 3.97. The molecular weight excluding hydrogens is 313 g/mol.